The summed E-state index contributed by atoms with van der Waals surface area (Å²) in [5.74, 6) is 1.10. The minimum Gasteiger partial charge on any atom is -0.497 e. The Hall–Kier alpha value is -1.12. The largest absolute Gasteiger partial charge is 0.497 e. The molecule has 1 aromatic heterocycles. The first-order valence-corrected chi connectivity index (χ1v) is 6.97. The Morgan fingerprint density at radius 1 is 1.32 bits per heavy atom. The first-order chi connectivity index (χ1) is 10.0. The lowest BCUT2D eigenvalue weighted by molar-refractivity contribution is 0.415. The standard InChI is InChI=1S/C14H16Cl2N4O.HI/c1-20-10(7-12(15)13(20)16)8-18-14(17)19-9-3-5-11(21-2)6-4-9;/h3-7H,8H2,1-2H3,(H3,17,18,19);1H. The van der Waals surface area contributed by atoms with Crippen LogP contribution in [0.2, 0.25) is 10.2 Å². The molecule has 0 atom stereocenters. The number of methoxy groups -OCH3 is 1. The number of aliphatic imine (C=N–C) groups is 1. The van der Waals surface area contributed by atoms with Gasteiger partial charge in [0.15, 0.2) is 5.96 Å². The van der Waals surface area contributed by atoms with Crippen molar-refractivity contribution in [3.05, 3.63) is 46.2 Å². The Morgan fingerprint density at radius 3 is 2.45 bits per heavy atom. The van der Waals surface area contributed by atoms with Crippen molar-refractivity contribution in [2.45, 2.75) is 6.54 Å². The Balaban J connectivity index is 0.00000242. The summed E-state index contributed by atoms with van der Waals surface area (Å²) in [6.45, 7) is 0.387. The third-order valence-corrected chi connectivity index (χ3v) is 3.83. The number of rotatable bonds is 4. The molecule has 8 heteroatoms. The molecule has 22 heavy (non-hydrogen) atoms. The van der Waals surface area contributed by atoms with Crippen molar-refractivity contribution in [3.63, 3.8) is 0 Å². The zero-order valence-electron chi connectivity index (χ0n) is 12.1. The summed E-state index contributed by atoms with van der Waals surface area (Å²) >= 11 is 11.9. The molecule has 2 aromatic rings. The topological polar surface area (TPSA) is 64.6 Å². The Labute approximate surface area is 156 Å². The molecule has 2 rings (SSSR count). The number of benzene rings is 1. The van der Waals surface area contributed by atoms with Crippen LogP contribution in [-0.4, -0.2) is 17.6 Å². The molecule has 5 nitrogen and oxygen atoms in total. The van der Waals surface area contributed by atoms with Crippen LogP contribution in [0.3, 0.4) is 0 Å². The van der Waals surface area contributed by atoms with E-state index in [1.54, 1.807) is 17.7 Å². The number of halogens is 3. The molecule has 1 heterocycles. The number of anilines is 1. The second-order valence-electron chi connectivity index (χ2n) is 4.39. The fraction of sp³-hybridized carbons (Fsp3) is 0.214. The number of nitrogens with one attached hydrogen (secondary N) is 1. The molecule has 0 saturated carbocycles. The summed E-state index contributed by atoms with van der Waals surface area (Å²) in [6, 6.07) is 9.17. The van der Waals surface area contributed by atoms with Gasteiger partial charge in [0.05, 0.1) is 18.7 Å². The summed E-state index contributed by atoms with van der Waals surface area (Å²) in [4.78, 5) is 4.26. The predicted molar refractivity (Wildman–Crippen MR) is 103 cm³/mol. The van der Waals surface area contributed by atoms with Crippen molar-refractivity contribution < 1.29 is 4.74 Å². The number of aromatic nitrogens is 1. The molecule has 3 N–H and O–H groups in total. The maximum atomic E-state index is 6.00. The van der Waals surface area contributed by atoms with Gasteiger partial charge in [-0.05, 0) is 30.3 Å². The average molecular weight is 455 g/mol. The van der Waals surface area contributed by atoms with E-state index in [0.29, 0.717) is 22.7 Å². The van der Waals surface area contributed by atoms with Crippen LogP contribution in [-0.2, 0) is 13.6 Å². The first-order valence-electron chi connectivity index (χ1n) is 6.22. The van der Waals surface area contributed by atoms with Crippen LogP contribution in [0.25, 0.3) is 0 Å². The average Bonchev–Trinajstić information content (AvgIpc) is 2.73. The van der Waals surface area contributed by atoms with E-state index >= 15 is 0 Å². The number of ether oxygens (including phenoxy) is 1. The van der Waals surface area contributed by atoms with Crippen LogP contribution >= 0.6 is 47.2 Å². The number of hydrogen-bond donors (Lipinski definition) is 2. The van der Waals surface area contributed by atoms with Gasteiger partial charge in [0.1, 0.15) is 10.9 Å². The second kappa shape index (κ2) is 8.50. The van der Waals surface area contributed by atoms with E-state index in [-0.39, 0.29) is 24.0 Å². The van der Waals surface area contributed by atoms with Crippen LogP contribution < -0.4 is 15.8 Å². The molecule has 0 fully saturated rings. The summed E-state index contributed by atoms with van der Waals surface area (Å²) in [5.41, 5.74) is 7.56. The normalized spacial score (nSPS) is 11.0. The van der Waals surface area contributed by atoms with Crippen molar-refractivity contribution in [3.8, 4) is 5.75 Å². The van der Waals surface area contributed by atoms with Crippen molar-refractivity contribution in [2.24, 2.45) is 17.8 Å². The highest BCUT2D eigenvalue weighted by molar-refractivity contribution is 14.0. The number of nitrogens with two attached hydrogens (primary N) is 1. The maximum absolute atomic E-state index is 6.00. The van der Waals surface area contributed by atoms with Crippen LogP contribution in [0, 0.1) is 0 Å². The van der Waals surface area contributed by atoms with Crippen LogP contribution in [0.15, 0.2) is 35.3 Å². The highest BCUT2D eigenvalue weighted by Gasteiger charge is 2.08. The Bertz CT molecular complexity index is 656. The van der Waals surface area contributed by atoms with Gasteiger partial charge in [-0.3, -0.25) is 0 Å². The van der Waals surface area contributed by atoms with Crippen molar-refractivity contribution in [1.29, 1.82) is 0 Å². The summed E-state index contributed by atoms with van der Waals surface area (Å²) < 4.78 is 6.86. The van der Waals surface area contributed by atoms with Gasteiger partial charge in [-0.25, -0.2) is 4.99 Å². The van der Waals surface area contributed by atoms with E-state index in [0.717, 1.165) is 17.1 Å². The molecule has 0 amide bonds. The van der Waals surface area contributed by atoms with Gasteiger partial charge in [0, 0.05) is 18.4 Å². The van der Waals surface area contributed by atoms with Gasteiger partial charge < -0.3 is 20.4 Å². The lowest BCUT2D eigenvalue weighted by atomic mass is 10.3. The minimum atomic E-state index is 0. The zero-order valence-corrected chi connectivity index (χ0v) is 16.0. The van der Waals surface area contributed by atoms with E-state index in [4.69, 9.17) is 33.7 Å². The molecule has 0 aliphatic rings. The van der Waals surface area contributed by atoms with Gasteiger partial charge in [-0.1, -0.05) is 23.2 Å². The fourth-order valence-corrected chi connectivity index (χ4v) is 2.18. The van der Waals surface area contributed by atoms with Crippen LogP contribution in [0.4, 0.5) is 5.69 Å². The molecule has 1 aromatic carbocycles. The lowest BCUT2D eigenvalue weighted by Crippen LogP contribution is -2.22. The fourth-order valence-electron chi connectivity index (χ4n) is 1.77. The molecular weight excluding hydrogens is 438 g/mol. The van der Waals surface area contributed by atoms with Crippen LogP contribution in [0.5, 0.6) is 5.75 Å². The predicted octanol–water partition coefficient (Wildman–Crippen LogP) is 3.89. The molecule has 0 aliphatic heterocycles. The molecule has 0 unspecified atom stereocenters. The van der Waals surface area contributed by atoms with E-state index in [2.05, 4.69) is 10.3 Å². The highest BCUT2D eigenvalue weighted by Crippen LogP contribution is 2.25. The molecule has 0 radical (unpaired) electrons. The first kappa shape index (κ1) is 18.9. The zero-order chi connectivity index (χ0) is 15.4. The van der Waals surface area contributed by atoms with E-state index in [1.165, 1.54) is 0 Å². The quantitative estimate of drug-likeness (QED) is 0.418. The highest BCUT2D eigenvalue weighted by atomic mass is 127. The number of hydrogen-bond acceptors (Lipinski definition) is 2. The summed E-state index contributed by atoms with van der Waals surface area (Å²) in [6.07, 6.45) is 0. The van der Waals surface area contributed by atoms with Gasteiger partial charge in [-0.2, -0.15) is 0 Å². The maximum Gasteiger partial charge on any atom is 0.193 e. The summed E-state index contributed by atoms with van der Waals surface area (Å²) in [7, 11) is 3.44. The van der Waals surface area contributed by atoms with Crippen molar-refractivity contribution in [2.75, 3.05) is 12.4 Å². The van der Waals surface area contributed by atoms with Crippen LogP contribution in [0.1, 0.15) is 5.69 Å². The second-order valence-corrected chi connectivity index (χ2v) is 5.15. The Kier molecular flexibility index (Phi) is 7.31. The molecular formula is C14H17Cl2IN4O. The number of nitrogens with zero attached hydrogens (tertiary/aromatic N) is 2. The molecule has 0 aliphatic carbocycles. The molecule has 0 spiro atoms. The van der Waals surface area contributed by atoms with Gasteiger partial charge in [0.25, 0.3) is 0 Å². The summed E-state index contributed by atoms with van der Waals surface area (Å²) in [5, 5.41) is 4.00. The van der Waals surface area contributed by atoms with E-state index < -0.39 is 0 Å². The third-order valence-electron chi connectivity index (χ3n) is 2.99. The molecule has 0 saturated heterocycles. The lowest BCUT2D eigenvalue weighted by Gasteiger charge is -2.07. The van der Waals surface area contributed by atoms with Gasteiger partial charge in [-0.15, -0.1) is 24.0 Å². The van der Waals surface area contributed by atoms with Gasteiger partial charge >= 0.3 is 0 Å². The molecule has 0 bridgehead atoms. The molecule has 120 valence electrons. The van der Waals surface area contributed by atoms with E-state index in [1.807, 2.05) is 31.3 Å². The third kappa shape index (κ3) is 4.69. The van der Waals surface area contributed by atoms with Gasteiger partial charge in [0.2, 0.25) is 0 Å². The number of guanidine groups is 1. The van der Waals surface area contributed by atoms with Crippen molar-refractivity contribution >= 4 is 58.8 Å². The Morgan fingerprint density at radius 2 is 1.95 bits per heavy atom. The smallest absolute Gasteiger partial charge is 0.193 e. The van der Waals surface area contributed by atoms with E-state index in [9.17, 15) is 0 Å². The minimum absolute atomic E-state index is 0. The SMILES string of the molecule is COc1ccc(NC(N)=NCc2cc(Cl)c(Cl)n2C)cc1.I. The van der Waals surface area contributed by atoms with Crippen molar-refractivity contribution in [1.82, 2.24) is 4.57 Å². The monoisotopic (exact) mass is 454 g/mol.